The molecule has 1 saturated carbocycles. The van der Waals surface area contributed by atoms with Gasteiger partial charge in [0.05, 0.1) is 0 Å². The van der Waals surface area contributed by atoms with Crippen molar-refractivity contribution < 1.29 is 4.79 Å². The number of hydrogen-bond acceptors (Lipinski definition) is 4. The van der Waals surface area contributed by atoms with E-state index in [0.717, 1.165) is 29.1 Å². The zero-order valence-electron chi connectivity index (χ0n) is 14.2. The molecule has 1 heterocycles. The summed E-state index contributed by atoms with van der Waals surface area (Å²) >= 11 is 1.74. The van der Waals surface area contributed by atoms with Gasteiger partial charge < -0.3 is 9.47 Å². The van der Waals surface area contributed by atoms with E-state index >= 15 is 0 Å². The second-order valence-corrected chi connectivity index (χ2v) is 7.63. The van der Waals surface area contributed by atoms with Gasteiger partial charge in [-0.15, -0.1) is 10.2 Å². The van der Waals surface area contributed by atoms with Crippen LogP contribution in [0.1, 0.15) is 57.3 Å². The molecule has 2 atom stereocenters. The second-order valence-electron chi connectivity index (χ2n) is 6.57. The summed E-state index contributed by atoms with van der Waals surface area (Å²) < 4.78 is 2.33. The summed E-state index contributed by atoms with van der Waals surface area (Å²) in [7, 11) is 3.61. The SMILES string of the molecule is Cc1nnc(SCCCC(=O)N(C)C)n1C1CCCC(C)C1. The maximum atomic E-state index is 11.6. The number of carbonyl (C=O) groups excluding carboxylic acids is 1. The maximum Gasteiger partial charge on any atom is 0.222 e. The van der Waals surface area contributed by atoms with Crippen molar-refractivity contribution in [2.45, 2.75) is 63.6 Å². The molecule has 1 amide bonds. The van der Waals surface area contributed by atoms with Gasteiger partial charge in [-0.3, -0.25) is 4.79 Å². The zero-order valence-corrected chi connectivity index (χ0v) is 15.0. The minimum absolute atomic E-state index is 0.194. The van der Waals surface area contributed by atoms with Gasteiger partial charge in [0.15, 0.2) is 5.16 Å². The van der Waals surface area contributed by atoms with Crippen molar-refractivity contribution in [1.29, 1.82) is 0 Å². The average molecular weight is 324 g/mol. The normalized spacial score (nSPS) is 21.8. The van der Waals surface area contributed by atoms with Crippen LogP contribution in [0.4, 0.5) is 0 Å². The Balaban J connectivity index is 1.90. The summed E-state index contributed by atoms with van der Waals surface area (Å²) in [5, 5.41) is 9.65. The summed E-state index contributed by atoms with van der Waals surface area (Å²) in [6.45, 7) is 4.39. The lowest BCUT2D eigenvalue weighted by Gasteiger charge is -2.29. The van der Waals surface area contributed by atoms with Crippen LogP contribution in [0.2, 0.25) is 0 Å². The third-order valence-electron chi connectivity index (χ3n) is 4.37. The fourth-order valence-electron chi connectivity index (χ4n) is 3.12. The van der Waals surface area contributed by atoms with Gasteiger partial charge in [0.1, 0.15) is 5.82 Å². The highest BCUT2D eigenvalue weighted by Gasteiger charge is 2.24. The summed E-state index contributed by atoms with van der Waals surface area (Å²) in [6, 6.07) is 0.546. The molecule has 1 aliphatic carbocycles. The van der Waals surface area contributed by atoms with Crippen molar-refractivity contribution in [1.82, 2.24) is 19.7 Å². The lowest BCUT2D eigenvalue weighted by atomic mass is 9.87. The van der Waals surface area contributed by atoms with E-state index in [4.69, 9.17) is 0 Å². The largest absolute Gasteiger partial charge is 0.349 e. The first-order valence-electron chi connectivity index (χ1n) is 8.23. The van der Waals surface area contributed by atoms with Crippen LogP contribution in [0.3, 0.4) is 0 Å². The summed E-state index contributed by atoms with van der Waals surface area (Å²) in [5.41, 5.74) is 0. The van der Waals surface area contributed by atoms with E-state index in [0.29, 0.717) is 12.5 Å². The van der Waals surface area contributed by atoms with E-state index < -0.39 is 0 Å². The van der Waals surface area contributed by atoms with Gasteiger partial charge in [0, 0.05) is 32.3 Å². The van der Waals surface area contributed by atoms with Crippen LogP contribution in [-0.2, 0) is 4.79 Å². The molecule has 0 saturated heterocycles. The molecule has 1 aliphatic rings. The van der Waals surface area contributed by atoms with E-state index in [1.807, 2.05) is 6.92 Å². The summed E-state index contributed by atoms with van der Waals surface area (Å²) in [6.07, 6.45) is 6.58. The molecule has 22 heavy (non-hydrogen) atoms. The quantitative estimate of drug-likeness (QED) is 0.595. The molecule has 1 aromatic heterocycles. The van der Waals surface area contributed by atoms with E-state index in [2.05, 4.69) is 21.7 Å². The van der Waals surface area contributed by atoms with Gasteiger partial charge in [0.25, 0.3) is 0 Å². The van der Waals surface area contributed by atoms with E-state index in [1.54, 1.807) is 30.8 Å². The van der Waals surface area contributed by atoms with Crippen molar-refractivity contribution in [2.24, 2.45) is 5.92 Å². The third-order valence-corrected chi connectivity index (χ3v) is 5.40. The number of carbonyl (C=O) groups is 1. The molecule has 1 aromatic rings. The highest BCUT2D eigenvalue weighted by atomic mass is 32.2. The number of rotatable bonds is 6. The molecule has 1 fully saturated rings. The van der Waals surface area contributed by atoms with Crippen LogP contribution < -0.4 is 0 Å². The molecule has 2 unspecified atom stereocenters. The minimum Gasteiger partial charge on any atom is -0.349 e. The molecule has 0 radical (unpaired) electrons. The van der Waals surface area contributed by atoms with E-state index in [9.17, 15) is 4.79 Å². The molecule has 6 heteroatoms. The predicted octanol–water partition coefficient (Wildman–Crippen LogP) is 3.30. The van der Waals surface area contributed by atoms with Crippen molar-refractivity contribution in [3.63, 3.8) is 0 Å². The Morgan fingerprint density at radius 1 is 1.36 bits per heavy atom. The Morgan fingerprint density at radius 3 is 2.82 bits per heavy atom. The molecule has 0 N–H and O–H groups in total. The van der Waals surface area contributed by atoms with Crippen molar-refractivity contribution >= 4 is 17.7 Å². The molecule has 2 rings (SSSR count). The highest BCUT2D eigenvalue weighted by Crippen LogP contribution is 2.35. The van der Waals surface area contributed by atoms with Crippen LogP contribution in [0.15, 0.2) is 5.16 Å². The Kier molecular flexibility index (Phi) is 6.29. The molecular formula is C16H28N4OS. The Hall–Kier alpha value is -1.04. The van der Waals surface area contributed by atoms with Gasteiger partial charge in [0.2, 0.25) is 5.91 Å². The molecule has 5 nitrogen and oxygen atoms in total. The zero-order chi connectivity index (χ0) is 16.1. The molecule has 124 valence electrons. The fourth-order valence-corrected chi connectivity index (χ4v) is 4.11. The Labute approximate surface area is 137 Å². The van der Waals surface area contributed by atoms with Gasteiger partial charge in [-0.1, -0.05) is 31.5 Å². The molecule has 0 aliphatic heterocycles. The van der Waals surface area contributed by atoms with Crippen LogP contribution >= 0.6 is 11.8 Å². The first-order valence-corrected chi connectivity index (χ1v) is 9.22. The standard InChI is InChI=1S/C16H28N4OS/c1-12-7-5-8-14(11-12)20-13(2)17-18-16(20)22-10-6-9-15(21)19(3)4/h12,14H,5-11H2,1-4H3. The summed E-state index contributed by atoms with van der Waals surface area (Å²) in [5.74, 6) is 2.92. The van der Waals surface area contributed by atoms with Gasteiger partial charge in [-0.25, -0.2) is 0 Å². The third kappa shape index (κ3) is 4.48. The lowest BCUT2D eigenvalue weighted by Crippen LogP contribution is -2.21. The number of nitrogens with zero attached hydrogens (tertiary/aromatic N) is 4. The highest BCUT2D eigenvalue weighted by molar-refractivity contribution is 7.99. The van der Waals surface area contributed by atoms with Crippen molar-refractivity contribution in [3.05, 3.63) is 5.82 Å². The average Bonchev–Trinajstić information content (AvgIpc) is 2.84. The summed E-state index contributed by atoms with van der Waals surface area (Å²) in [4.78, 5) is 13.2. The molecule has 0 bridgehead atoms. The van der Waals surface area contributed by atoms with Crippen LogP contribution in [0, 0.1) is 12.8 Å². The molecule has 0 spiro atoms. The molecular weight excluding hydrogens is 296 g/mol. The number of aromatic nitrogens is 3. The monoisotopic (exact) mass is 324 g/mol. The Morgan fingerprint density at radius 2 is 2.14 bits per heavy atom. The van der Waals surface area contributed by atoms with Gasteiger partial charge in [-0.2, -0.15) is 0 Å². The van der Waals surface area contributed by atoms with Crippen molar-refractivity contribution in [3.8, 4) is 0 Å². The Bertz CT molecular complexity index is 500. The van der Waals surface area contributed by atoms with Gasteiger partial charge in [-0.05, 0) is 32.1 Å². The molecule has 0 aromatic carbocycles. The number of thioether (sulfide) groups is 1. The maximum absolute atomic E-state index is 11.6. The predicted molar refractivity (Wildman–Crippen MR) is 90.1 cm³/mol. The first kappa shape index (κ1) is 17.3. The van der Waals surface area contributed by atoms with E-state index in [1.165, 1.54) is 25.7 Å². The topological polar surface area (TPSA) is 51.0 Å². The second kappa shape index (κ2) is 7.99. The smallest absolute Gasteiger partial charge is 0.222 e. The fraction of sp³-hybridized carbons (Fsp3) is 0.812. The minimum atomic E-state index is 0.194. The van der Waals surface area contributed by atoms with Crippen LogP contribution in [-0.4, -0.2) is 45.4 Å². The number of amides is 1. The number of hydrogen-bond donors (Lipinski definition) is 0. The van der Waals surface area contributed by atoms with Crippen LogP contribution in [0.25, 0.3) is 0 Å². The first-order chi connectivity index (χ1) is 10.5. The lowest BCUT2D eigenvalue weighted by molar-refractivity contribution is -0.128. The van der Waals surface area contributed by atoms with E-state index in [-0.39, 0.29) is 5.91 Å². The number of aryl methyl sites for hydroxylation is 1. The van der Waals surface area contributed by atoms with Gasteiger partial charge >= 0.3 is 0 Å². The van der Waals surface area contributed by atoms with Crippen molar-refractivity contribution in [2.75, 3.05) is 19.8 Å². The van der Waals surface area contributed by atoms with Crippen LogP contribution in [0.5, 0.6) is 0 Å².